The largest absolute Gasteiger partial charge is 0.465 e. The number of amides is 2. The van der Waals surface area contributed by atoms with Crippen LogP contribution in [0.15, 0.2) is 24.3 Å². The predicted molar refractivity (Wildman–Crippen MR) is 92.6 cm³/mol. The molecule has 1 heterocycles. The van der Waals surface area contributed by atoms with Crippen LogP contribution in [0.3, 0.4) is 0 Å². The van der Waals surface area contributed by atoms with Gasteiger partial charge in [0.2, 0.25) is 0 Å². The molecule has 0 bridgehead atoms. The number of esters is 1. The number of para-hydroxylation sites is 1. The molecule has 0 atom stereocenters. The topological polar surface area (TPSA) is 99.3 Å². The normalized spacial score (nSPS) is 15.9. The minimum Gasteiger partial charge on any atom is -0.465 e. The molecule has 10 heteroatoms. The van der Waals surface area contributed by atoms with Gasteiger partial charge in [0, 0.05) is 40.3 Å². The maximum absolute atomic E-state index is 12.4. The van der Waals surface area contributed by atoms with Crippen LogP contribution in [0.5, 0.6) is 0 Å². The van der Waals surface area contributed by atoms with E-state index < -0.39 is 22.2 Å². The van der Waals surface area contributed by atoms with Crippen LogP contribution in [0.4, 0.5) is 10.5 Å². The van der Waals surface area contributed by atoms with Crippen LogP contribution < -0.4 is 5.32 Å². The number of piperazine rings is 1. The first kappa shape index (κ1) is 19.2. The SMILES string of the molecule is COC(=O)c1ccccc1NC(=O)N1CCN(S(=O)(=O)N(C)C)CC1. The molecule has 0 radical (unpaired) electrons. The first-order chi connectivity index (χ1) is 11.8. The van der Waals surface area contributed by atoms with Crippen LogP contribution in [0.1, 0.15) is 10.4 Å². The number of nitrogens with zero attached hydrogens (tertiary/aromatic N) is 3. The van der Waals surface area contributed by atoms with Crippen molar-refractivity contribution in [3.63, 3.8) is 0 Å². The van der Waals surface area contributed by atoms with Crippen molar-refractivity contribution in [2.75, 3.05) is 52.7 Å². The number of urea groups is 1. The summed E-state index contributed by atoms with van der Waals surface area (Å²) in [5.41, 5.74) is 0.606. The van der Waals surface area contributed by atoms with E-state index in [1.165, 1.54) is 30.4 Å². The molecule has 1 aliphatic heterocycles. The minimum absolute atomic E-state index is 0.215. The van der Waals surface area contributed by atoms with Gasteiger partial charge in [-0.2, -0.15) is 17.0 Å². The van der Waals surface area contributed by atoms with E-state index in [4.69, 9.17) is 4.74 Å². The Labute approximate surface area is 147 Å². The summed E-state index contributed by atoms with van der Waals surface area (Å²) in [5.74, 6) is -0.544. The Hall–Kier alpha value is -2.17. The van der Waals surface area contributed by atoms with Crippen molar-refractivity contribution in [3.05, 3.63) is 29.8 Å². The number of carbonyl (C=O) groups excluding carboxylic acids is 2. The van der Waals surface area contributed by atoms with Crippen molar-refractivity contribution in [1.82, 2.24) is 13.5 Å². The number of nitrogens with one attached hydrogen (secondary N) is 1. The molecule has 1 saturated heterocycles. The summed E-state index contributed by atoms with van der Waals surface area (Å²) >= 11 is 0. The molecule has 0 aromatic heterocycles. The zero-order valence-electron chi connectivity index (χ0n) is 14.4. The molecule has 1 aromatic rings. The molecule has 0 saturated carbocycles. The van der Waals surface area contributed by atoms with Gasteiger partial charge in [-0.05, 0) is 12.1 Å². The molecule has 2 rings (SSSR count). The zero-order chi connectivity index (χ0) is 18.6. The predicted octanol–water partition coefficient (Wildman–Crippen LogP) is 0.429. The monoisotopic (exact) mass is 370 g/mol. The highest BCUT2D eigenvalue weighted by Crippen LogP contribution is 2.17. The van der Waals surface area contributed by atoms with Gasteiger partial charge in [0.1, 0.15) is 0 Å². The first-order valence-corrected chi connectivity index (χ1v) is 9.08. The van der Waals surface area contributed by atoms with Crippen LogP contribution in [-0.4, -0.2) is 81.3 Å². The molecule has 0 unspecified atom stereocenters. The number of carbonyl (C=O) groups is 2. The molecule has 1 fully saturated rings. The maximum Gasteiger partial charge on any atom is 0.339 e. The van der Waals surface area contributed by atoms with Gasteiger partial charge in [-0.3, -0.25) is 0 Å². The second-order valence-corrected chi connectivity index (χ2v) is 7.79. The summed E-state index contributed by atoms with van der Waals surface area (Å²) in [6, 6.07) is 6.15. The van der Waals surface area contributed by atoms with Crippen LogP contribution in [0.2, 0.25) is 0 Å². The van der Waals surface area contributed by atoms with Crippen LogP contribution >= 0.6 is 0 Å². The molecule has 138 valence electrons. The number of ether oxygens (including phenoxy) is 1. The zero-order valence-corrected chi connectivity index (χ0v) is 15.2. The minimum atomic E-state index is -3.48. The lowest BCUT2D eigenvalue weighted by Gasteiger charge is -2.35. The summed E-state index contributed by atoms with van der Waals surface area (Å²) in [6.07, 6.45) is 0. The second-order valence-electron chi connectivity index (χ2n) is 5.64. The summed E-state index contributed by atoms with van der Waals surface area (Å²) < 4.78 is 31.4. The third-order valence-electron chi connectivity index (χ3n) is 3.89. The number of benzene rings is 1. The number of anilines is 1. The van der Waals surface area contributed by atoms with E-state index >= 15 is 0 Å². The van der Waals surface area contributed by atoms with Gasteiger partial charge < -0.3 is 15.0 Å². The van der Waals surface area contributed by atoms with Gasteiger partial charge in [0.05, 0.1) is 18.4 Å². The Morgan fingerprint density at radius 2 is 1.72 bits per heavy atom. The molecule has 1 N–H and O–H groups in total. The average molecular weight is 370 g/mol. The van der Waals surface area contributed by atoms with Crippen LogP contribution in [-0.2, 0) is 14.9 Å². The lowest BCUT2D eigenvalue weighted by atomic mass is 10.2. The van der Waals surface area contributed by atoms with Gasteiger partial charge in [-0.1, -0.05) is 12.1 Å². The summed E-state index contributed by atoms with van der Waals surface area (Å²) in [4.78, 5) is 25.7. The number of hydrogen-bond acceptors (Lipinski definition) is 5. The lowest BCUT2D eigenvalue weighted by Crippen LogP contribution is -2.53. The van der Waals surface area contributed by atoms with E-state index in [1.807, 2.05) is 0 Å². The Bertz CT molecular complexity index is 742. The standard InChI is InChI=1S/C15H22N4O5S/c1-17(2)25(22,23)19-10-8-18(9-11-19)15(21)16-13-7-5-4-6-12(13)14(20)24-3/h4-7H,8-11H2,1-3H3,(H,16,21). The molecule has 9 nitrogen and oxygen atoms in total. The fourth-order valence-corrected chi connectivity index (χ4v) is 3.51. The van der Waals surface area contributed by atoms with E-state index in [9.17, 15) is 18.0 Å². The Morgan fingerprint density at radius 3 is 2.28 bits per heavy atom. The van der Waals surface area contributed by atoms with Crippen LogP contribution in [0, 0.1) is 0 Å². The Kier molecular flexibility index (Phi) is 5.98. The molecule has 2 amide bonds. The highest BCUT2D eigenvalue weighted by molar-refractivity contribution is 7.86. The third-order valence-corrected chi connectivity index (χ3v) is 5.83. The van der Waals surface area contributed by atoms with Crippen molar-refractivity contribution >= 4 is 27.9 Å². The first-order valence-electron chi connectivity index (χ1n) is 7.68. The number of rotatable bonds is 4. The molecule has 1 aliphatic rings. The van der Waals surface area contributed by atoms with Gasteiger partial charge in [-0.15, -0.1) is 0 Å². The summed E-state index contributed by atoms with van der Waals surface area (Å²) in [6.45, 7) is 0.956. The summed E-state index contributed by atoms with van der Waals surface area (Å²) in [7, 11) is 0.728. The highest BCUT2D eigenvalue weighted by Gasteiger charge is 2.30. The van der Waals surface area contributed by atoms with E-state index in [0.717, 1.165) is 4.31 Å². The van der Waals surface area contributed by atoms with Gasteiger partial charge in [0.25, 0.3) is 10.2 Å². The van der Waals surface area contributed by atoms with E-state index in [0.29, 0.717) is 5.69 Å². The maximum atomic E-state index is 12.4. The molecule has 0 spiro atoms. The average Bonchev–Trinajstić information content (AvgIpc) is 2.61. The molecular weight excluding hydrogens is 348 g/mol. The van der Waals surface area contributed by atoms with E-state index in [2.05, 4.69) is 5.32 Å². The van der Waals surface area contributed by atoms with Crippen molar-refractivity contribution in [3.8, 4) is 0 Å². The molecule has 1 aromatic carbocycles. The van der Waals surface area contributed by atoms with Gasteiger partial charge >= 0.3 is 12.0 Å². The van der Waals surface area contributed by atoms with Crippen molar-refractivity contribution in [2.45, 2.75) is 0 Å². The third kappa shape index (κ3) is 4.27. The quantitative estimate of drug-likeness (QED) is 0.775. The van der Waals surface area contributed by atoms with Crippen molar-refractivity contribution < 1.29 is 22.7 Å². The fraction of sp³-hybridized carbons (Fsp3) is 0.467. The van der Waals surface area contributed by atoms with E-state index in [1.54, 1.807) is 24.3 Å². The molecule has 0 aliphatic carbocycles. The van der Waals surface area contributed by atoms with Gasteiger partial charge in [0.15, 0.2) is 0 Å². The van der Waals surface area contributed by atoms with Crippen molar-refractivity contribution in [2.24, 2.45) is 0 Å². The fourth-order valence-electron chi connectivity index (χ4n) is 2.43. The Balaban J connectivity index is 2.02. The highest BCUT2D eigenvalue weighted by atomic mass is 32.2. The smallest absolute Gasteiger partial charge is 0.339 e. The summed E-state index contributed by atoms with van der Waals surface area (Å²) in [5, 5.41) is 2.68. The molecule has 25 heavy (non-hydrogen) atoms. The second kappa shape index (κ2) is 7.81. The van der Waals surface area contributed by atoms with Gasteiger partial charge in [-0.25, -0.2) is 9.59 Å². The number of hydrogen-bond donors (Lipinski definition) is 1. The number of methoxy groups -OCH3 is 1. The van der Waals surface area contributed by atoms with Crippen LogP contribution in [0.25, 0.3) is 0 Å². The lowest BCUT2D eigenvalue weighted by molar-refractivity contribution is 0.0602. The van der Waals surface area contributed by atoms with Crippen molar-refractivity contribution in [1.29, 1.82) is 0 Å². The molecular formula is C15H22N4O5S. The van der Waals surface area contributed by atoms with E-state index in [-0.39, 0.29) is 31.7 Å². The Morgan fingerprint density at radius 1 is 1.12 bits per heavy atom.